The van der Waals surface area contributed by atoms with Crippen molar-refractivity contribution in [2.24, 2.45) is 0 Å². The molecular formula is C15H20N2O3S. The molecule has 5 nitrogen and oxygen atoms in total. The first-order valence-corrected chi connectivity index (χ1v) is 8.44. The normalized spacial score (nSPS) is 17.2. The summed E-state index contributed by atoms with van der Waals surface area (Å²) in [6.07, 6.45) is 1.84. The Hall–Kier alpha value is -1.39. The molecule has 0 bridgehead atoms. The zero-order chi connectivity index (χ0) is 15.3. The molecule has 1 aliphatic heterocycles. The average Bonchev–Trinajstić information content (AvgIpc) is 3.00. The van der Waals surface area contributed by atoms with Gasteiger partial charge in [-0.1, -0.05) is 24.0 Å². The van der Waals surface area contributed by atoms with E-state index in [0.29, 0.717) is 13.1 Å². The summed E-state index contributed by atoms with van der Waals surface area (Å²) in [5, 5.41) is 8.71. The molecule has 1 aromatic carbocycles. The highest BCUT2D eigenvalue weighted by Gasteiger charge is 2.26. The Kier molecular flexibility index (Phi) is 5.37. The summed E-state index contributed by atoms with van der Waals surface area (Å²) in [6, 6.07) is 7.03. The summed E-state index contributed by atoms with van der Waals surface area (Å²) in [6.45, 7) is 2.79. The first-order valence-electron chi connectivity index (χ1n) is 7.00. The summed E-state index contributed by atoms with van der Waals surface area (Å²) in [4.78, 5) is 0. The minimum Gasteiger partial charge on any atom is -0.384 e. The molecule has 1 aromatic rings. The van der Waals surface area contributed by atoms with Gasteiger partial charge in [-0.2, -0.15) is 17.4 Å². The van der Waals surface area contributed by atoms with Crippen molar-refractivity contribution in [2.75, 3.05) is 19.7 Å². The molecule has 0 aliphatic carbocycles. The fourth-order valence-corrected chi connectivity index (χ4v) is 3.79. The van der Waals surface area contributed by atoms with E-state index in [1.807, 2.05) is 31.2 Å². The average molecular weight is 308 g/mol. The first kappa shape index (κ1) is 16.0. The SMILES string of the molecule is CC(NS(=O)(=O)N1CCCC1)c1cccc(C#CCO)c1. The number of hydrogen-bond acceptors (Lipinski definition) is 3. The molecule has 1 heterocycles. The molecule has 0 aromatic heterocycles. The summed E-state index contributed by atoms with van der Waals surface area (Å²) < 4.78 is 28.6. The summed E-state index contributed by atoms with van der Waals surface area (Å²) in [5.74, 6) is 5.40. The number of nitrogens with zero attached hydrogens (tertiary/aromatic N) is 1. The van der Waals surface area contributed by atoms with Gasteiger partial charge in [0.2, 0.25) is 0 Å². The Labute approximate surface area is 126 Å². The number of aliphatic hydroxyl groups is 1. The summed E-state index contributed by atoms with van der Waals surface area (Å²) >= 11 is 0. The van der Waals surface area contributed by atoms with Gasteiger partial charge in [-0.05, 0) is 37.5 Å². The van der Waals surface area contributed by atoms with Crippen LogP contribution in [-0.2, 0) is 10.2 Å². The maximum Gasteiger partial charge on any atom is 0.279 e. The van der Waals surface area contributed by atoms with Gasteiger partial charge < -0.3 is 5.11 Å². The Balaban J connectivity index is 2.11. The first-order chi connectivity index (χ1) is 10.0. The molecule has 1 unspecified atom stereocenters. The fraction of sp³-hybridized carbons (Fsp3) is 0.467. The smallest absolute Gasteiger partial charge is 0.279 e. The van der Waals surface area contributed by atoms with E-state index in [0.717, 1.165) is 24.0 Å². The van der Waals surface area contributed by atoms with E-state index < -0.39 is 10.2 Å². The number of aliphatic hydroxyl groups excluding tert-OH is 1. The highest BCUT2D eigenvalue weighted by molar-refractivity contribution is 7.87. The van der Waals surface area contributed by atoms with Gasteiger partial charge in [-0.15, -0.1) is 0 Å². The predicted octanol–water partition coefficient (Wildman–Crippen LogP) is 1.02. The van der Waals surface area contributed by atoms with Crippen molar-refractivity contribution in [2.45, 2.75) is 25.8 Å². The van der Waals surface area contributed by atoms with Gasteiger partial charge in [0.1, 0.15) is 6.61 Å². The zero-order valence-electron chi connectivity index (χ0n) is 12.0. The van der Waals surface area contributed by atoms with E-state index in [1.54, 1.807) is 0 Å². The van der Waals surface area contributed by atoms with Crippen LogP contribution in [0.15, 0.2) is 24.3 Å². The fourth-order valence-electron chi connectivity index (χ4n) is 2.32. The van der Waals surface area contributed by atoms with Crippen LogP contribution in [0, 0.1) is 11.8 Å². The molecule has 2 rings (SSSR count). The third-order valence-corrected chi connectivity index (χ3v) is 5.13. The minimum atomic E-state index is -3.43. The molecule has 1 fully saturated rings. The highest BCUT2D eigenvalue weighted by atomic mass is 32.2. The van der Waals surface area contributed by atoms with E-state index in [4.69, 9.17) is 5.11 Å². The van der Waals surface area contributed by atoms with Gasteiger partial charge >= 0.3 is 0 Å². The lowest BCUT2D eigenvalue weighted by atomic mass is 10.1. The largest absolute Gasteiger partial charge is 0.384 e. The molecule has 2 N–H and O–H groups in total. The number of benzene rings is 1. The van der Waals surface area contributed by atoms with E-state index >= 15 is 0 Å². The Morgan fingerprint density at radius 2 is 2.10 bits per heavy atom. The van der Waals surface area contributed by atoms with Crippen LogP contribution in [0.1, 0.15) is 36.9 Å². The van der Waals surface area contributed by atoms with Gasteiger partial charge in [0.25, 0.3) is 10.2 Å². The van der Waals surface area contributed by atoms with Crippen molar-refractivity contribution in [1.82, 2.24) is 9.03 Å². The lowest BCUT2D eigenvalue weighted by Gasteiger charge is -2.20. The Bertz CT molecular complexity index is 640. The van der Waals surface area contributed by atoms with Crippen LogP contribution >= 0.6 is 0 Å². The highest BCUT2D eigenvalue weighted by Crippen LogP contribution is 2.18. The third kappa shape index (κ3) is 4.29. The maximum atomic E-state index is 12.2. The Morgan fingerprint density at radius 3 is 2.76 bits per heavy atom. The van der Waals surface area contributed by atoms with Crippen LogP contribution in [0.25, 0.3) is 0 Å². The molecule has 0 amide bonds. The van der Waals surface area contributed by atoms with Crippen molar-refractivity contribution in [1.29, 1.82) is 0 Å². The number of nitrogens with one attached hydrogen (secondary N) is 1. The minimum absolute atomic E-state index is 0.193. The van der Waals surface area contributed by atoms with Crippen molar-refractivity contribution < 1.29 is 13.5 Å². The third-order valence-electron chi connectivity index (χ3n) is 3.43. The van der Waals surface area contributed by atoms with Gasteiger partial charge in [0.15, 0.2) is 0 Å². The number of hydrogen-bond donors (Lipinski definition) is 2. The molecule has 114 valence electrons. The lowest BCUT2D eigenvalue weighted by molar-refractivity contribution is 0.350. The van der Waals surface area contributed by atoms with Crippen molar-refractivity contribution >= 4 is 10.2 Å². The van der Waals surface area contributed by atoms with E-state index in [1.165, 1.54) is 4.31 Å². The number of rotatable bonds is 4. The van der Waals surface area contributed by atoms with E-state index in [-0.39, 0.29) is 12.6 Å². The zero-order valence-corrected chi connectivity index (χ0v) is 12.9. The van der Waals surface area contributed by atoms with Crippen LogP contribution in [0.5, 0.6) is 0 Å². The Morgan fingerprint density at radius 1 is 1.38 bits per heavy atom. The predicted molar refractivity (Wildman–Crippen MR) is 81.7 cm³/mol. The quantitative estimate of drug-likeness (QED) is 0.816. The second-order valence-corrected chi connectivity index (χ2v) is 6.74. The maximum absolute atomic E-state index is 12.2. The standard InChI is InChI=1S/C15H20N2O3S/c1-13(16-21(19,20)17-9-2-3-10-17)15-8-4-6-14(12-15)7-5-11-18/h4,6,8,12-13,16,18H,2-3,9-11H2,1H3. The second kappa shape index (κ2) is 7.05. The van der Waals surface area contributed by atoms with Crippen molar-refractivity contribution in [3.63, 3.8) is 0 Å². The molecule has 1 aliphatic rings. The van der Waals surface area contributed by atoms with Crippen molar-refractivity contribution in [3.8, 4) is 11.8 Å². The van der Waals surface area contributed by atoms with Crippen LogP contribution in [0.2, 0.25) is 0 Å². The van der Waals surface area contributed by atoms with Crippen LogP contribution in [0.3, 0.4) is 0 Å². The van der Waals surface area contributed by atoms with Gasteiger partial charge in [0, 0.05) is 24.7 Å². The second-order valence-electron chi connectivity index (χ2n) is 5.04. The van der Waals surface area contributed by atoms with E-state index in [9.17, 15) is 8.42 Å². The topological polar surface area (TPSA) is 69.6 Å². The molecular weight excluding hydrogens is 288 g/mol. The monoisotopic (exact) mass is 308 g/mol. The van der Waals surface area contributed by atoms with Gasteiger partial charge in [0.05, 0.1) is 0 Å². The lowest BCUT2D eigenvalue weighted by Crippen LogP contribution is -2.40. The molecule has 1 atom stereocenters. The van der Waals surface area contributed by atoms with Crippen LogP contribution in [0.4, 0.5) is 0 Å². The molecule has 1 saturated heterocycles. The molecule has 0 radical (unpaired) electrons. The van der Waals surface area contributed by atoms with Crippen molar-refractivity contribution in [3.05, 3.63) is 35.4 Å². The van der Waals surface area contributed by atoms with E-state index in [2.05, 4.69) is 16.6 Å². The van der Waals surface area contributed by atoms with Gasteiger partial charge in [-0.3, -0.25) is 0 Å². The van der Waals surface area contributed by atoms with Crippen LogP contribution < -0.4 is 4.72 Å². The molecule has 0 saturated carbocycles. The molecule has 6 heteroatoms. The summed E-state index contributed by atoms with van der Waals surface area (Å²) in [5.41, 5.74) is 1.61. The summed E-state index contributed by atoms with van der Waals surface area (Å²) in [7, 11) is -3.43. The molecule has 0 spiro atoms. The van der Waals surface area contributed by atoms with Crippen LogP contribution in [-0.4, -0.2) is 37.5 Å². The molecule has 21 heavy (non-hydrogen) atoms. The van der Waals surface area contributed by atoms with Gasteiger partial charge in [-0.25, -0.2) is 0 Å².